The Balaban J connectivity index is 1.80. The van der Waals surface area contributed by atoms with E-state index in [9.17, 15) is 4.79 Å². The van der Waals surface area contributed by atoms with E-state index in [2.05, 4.69) is 39.2 Å². The monoisotopic (exact) mass is 351 g/mol. The maximum atomic E-state index is 12.4. The fourth-order valence-electron chi connectivity index (χ4n) is 3.14. The Labute approximate surface area is 150 Å². The van der Waals surface area contributed by atoms with Gasteiger partial charge in [-0.15, -0.1) is 0 Å². The molecule has 7 heteroatoms. The number of aromatic amines is 1. The molecule has 3 aromatic rings. The van der Waals surface area contributed by atoms with Gasteiger partial charge in [0.2, 0.25) is 0 Å². The fraction of sp³-hybridized carbons (Fsp3) is 0.316. The number of H-pyrrole nitrogens is 1. The minimum atomic E-state index is -0.260. The van der Waals surface area contributed by atoms with E-state index < -0.39 is 0 Å². The van der Waals surface area contributed by atoms with E-state index in [1.54, 1.807) is 4.57 Å². The van der Waals surface area contributed by atoms with Crippen molar-refractivity contribution in [2.45, 2.75) is 32.2 Å². The lowest BCUT2D eigenvalue weighted by Gasteiger charge is -2.08. The van der Waals surface area contributed by atoms with Crippen LogP contribution in [-0.4, -0.2) is 26.1 Å². The molecule has 0 saturated carbocycles. The van der Waals surface area contributed by atoms with E-state index in [1.807, 2.05) is 12.1 Å². The molecule has 0 radical (unpaired) electrons. The third-order valence-corrected chi connectivity index (χ3v) is 4.48. The number of allylic oxidation sites excluding steroid dienone is 2. The molecule has 7 nitrogen and oxygen atoms in total. The van der Waals surface area contributed by atoms with Gasteiger partial charge in [-0.25, -0.2) is 4.79 Å². The summed E-state index contributed by atoms with van der Waals surface area (Å²) >= 11 is 0. The molecule has 4 rings (SSSR count). The lowest BCUT2D eigenvalue weighted by molar-refractivity contribution is 0.285. The second kappa shape index (κ2) is 7.03. The maximum Gasteiger partial charge on any atom is 0.328 e. The first-order valence-electron chi connectivity index (χ1n) is 8.82. The average Bonchev–Trinajstić information content (AvgIpc) is 2.93. The summed E-state index contributed by atoms with van der Waals surface area (Å²) in [7, 11) is 0. The van der Waals surface area contributed by atoms with E-state index in [0.29, 0.717) is 24.3 Å². The predicted molar refractivity (Wildman–Crippen MR) is 100 cm³/mol. The number of imidazole rings is 1. The molecule has 3 N–H and O–H groups in total. The Kier molecular flexibility index (Phi) is 4.43. The Hall–Kier alpha value is -3.09. The Bertz CT molecular complexity index is 1020. The van der Waals surface area contributed by atoms with Gasteiger partial charge in [-0.3, -0.25) is 4.57 Å². The van der Waals surface area contributed by atoms with Crippen LogP contribution in [0.5, 0.6) is 6.01 Å². The zero-order valence-corrected chi connectivity index (χ0v) is 14.4. The summed E-state index contributed by atoms with van der Waals surface area (Å²) in [5, 5.41) is 0. The summed E-state index contributed by atoms with van der Waals surface area (Å²) in [6.07, 6.45) is 8.23. The Morgan fingerprint density at radius 1 is 1.15 bits per heavy atom. The third-order valence-electron chi connectivity index (χ3n) is 4.48. The predicted octanol–water partition coefficient (Wildman–Crippen LogP) is 2.41. The minimum Gasteiger partial charge on any atom is -0.463 e. The highest BCUT2D eigenvalue weighted by Crippen LogP contribution is 2.19. The number of aromatic nitrogens is 4. The van der Waals surface area contributed by atoms with Crippen LogP contribution in [0.1, 0.15) is 30.4 Å². The van der Waals surface area contributed by atoms with Crippen LogP contribution in [0.4, 0.5) is 5.82 Å². The number of fused-ring (bicyclic) bond motifs is 3. The van der Waals surface area contributed by atoms with Crippen molar-refractivity contribution in [3.63, 3.8) is 0 Å². The van der Waals surface area contributed by atoms with E-state index in [-0.39, 0.29) is 17.5 Å². The second-order valence-corrected chi connectivity index (χ2v) is 6.45. The lowest BCUT2D eigenvalue weighted by Crippen LogP contribution is -2.18. The second-order valence-electron chi connectivity index (χ2n) is 6.45. The maximum absolute atomic E-state index is 12.4. The highest BCUT2D eigenvalue weighted by Gasteiger charge is 2.15. The quantitative estimate of drug-likeness (QED) is 0.606. The van der Waals surface area contributed by atoms with Crippen molar-refractivity contribution in [2.75, 3.05) is 12.3 Å². The van der Waals surface area contributed by atoms with Gasteiger partial charge in [0, 0.05) is 0 Å². The lowest BCUT2D eigenvalue weighted by atomic mass is 10.1. The number of nitrogens with one attached hydrogen (secondary N) is 1. The molecule has 1 aliphatic heterocycles. The van der Waals surface area contributed by atoms with Crippen molar-refractivity contribution in [2.24, 2.45) is 0 Å². The van der Waals surface area contributed by atoms with Crippen LogP contribution in [-0.2, 0) is 13.0 Å². The number of hydrogen-bond acceptors (Lipinski definition) is 5. The highest BCUT2D eigenvalue weighted by atomic mass is 16.5. The number of hydrogen-bond donors (Lipinski definition) is 2. The van der Waals surface area contributed by atoms with Crippen LogP contribution >= 0.6 is 0 Å². The smallest absolute Gasteiger partial charge is 0.328 e. The molecule has 0 spiro atoms. The first-order valence-corrected chi connectivity index (χ1v) is 8.82. The first-order chi connectivity index (χ1) is 12.7. The Morgan fingerprint density at radius 2 is 2.04 bits per heavy atom. The minimum absolute atomic E-state index is 0.208. The molecule has 0 unspecified atom stereocenters. The number of nitrogens with zero attached hydrogens (tertiary/aromatic N) is 3. The summed E-state index contributed by atoms with van der Waals surface area (Å²) in [6, 6.07) is 8.44. The molecule has 3 heterocycles. The van der Waals surface area contributed by atoms with Gasteiger partial charge in [0.15, 0.2) is 11.5 Å². The molecule has 4 bridgehead atoms. The molecule has 1 aromatic carbocycles. The van der Waals surface area contributed by atoms with Crippen LogP contribution in [0.15, 0.2) is 41.2 Å². The number of nitrogens with two attached hydrogens (primary N) is 1. The molecule has 0 aliphatic carbocycles. The molecule has 1 aliphatic rings. The van der Waals surface area contributed by atoms with Crippen molar-refractivity contribution < 1.29 is 4.74 Å². The zero-order valence-electron chi connectivity index (χ0n) is 14.4. The molecule has 0 fully saturated rings. The van der Waals surface area contributed by atoms with Crippen LogP contribution in [0, 0.1) is 0 Å². The number of rotatable bonds is 0. The van der Waals surface area contributed by atoms with Crippen molar-refractivity contribution in [1.82, 2.24) is 19.5 Å². The van der Waals surface area contributed by atoms with E-state index >= 15 is 0 Å². The van der Waals surface area contributed by atoms with Gasteiger partial charge in [-0.1, -0.05) is 36.4 Å². The normalized spacial score (nSPS) is 15.2. The van der Waals surface area contributed by atoms with Crippen LogP contribution in [0.3, 0.4) is 0 Å². The molecule has 2 aromatic heterocycles. The van der Waals surface area contributed by atoms with Gasteiger partial charge in [0.1, 0.15) is 5.52 Å². The largest absolute Gasteiger partial charge is 0.463 e. The molecular weight excluding hydrogens is 330 g/mol. The molecule has 0 amide bonds. The third kappa shape index (κ3) is 3.33. The highest BCUT2D eigenvalue weighted by molar-refractivity contribution is 5.81. The van der Waals surface area contributed by atoms with Crippen molar-refractivity contribution in [3.8, 4) is 6.01 Å². The van der Waals surface area contributed by atoms with Crippen LogP contribution in [0.2, 0.25) is 0 Å². The standard InChI is InChI=1S/C19H21N5O2/c20-16-15-17-23-18(22-16)26-10-5-3-1-2-4-7-13-8-6-9-14(11-13)12-24(17)19(25)21-15/h2,4,6,8-9,11H,1,3,5,7,10,12H2,(H,21,25)(H2,20,22,23). The number of benzene rings is 1. The van der Waals surface area contributed by atoms with E-state index in [1.165, 1.54) is 5.56 Å². The summed E-state index contributed by atoms with van der Waals surface area (Å²) < 4.78 is 7.22. The summed E-state index contributed by atoms with van der Waals surface area (Å²) in [5.74, 6) is 0.221. The van der Waals surface area contributed by atoms with E-state index in [4.69, 9.17) is 10.5 Å². The van der Waals surface area contributed by atoms with Gasteiger partial charge in [0.05, 0.1) is 13.2 Å². The van der Waals surface area contributed by atoms with Crippen molar-refractivity contribution in [1.29, 1.82) is 0 Å². The SMILES string of the molecule is Nc1nc2nc3c1[nH]c(=O)n3Cc1cccc(c1)CC=CCCCCO2. The average molecular weight is 351 g/mol. The number of anilines is 1. The molecule has 0 saturated heterocycles. The van der Waals surface area contributed by atoms with Gasteiger partial charge < -0.3 is 15.5 Å². The Morgan fingerprint density at radius 3 is 2.96 bits per heavy atom. The molecule has 134 valence electrons. The molecule has 0 atom stereocenters. The van der Waals surface area contributed by atoms with Gasteiger partial charge in [-0.05, 0) is 36.8 Å². The van der Waals surface area contributed by atoms with Gasteiger partial charge in [0.25, 0.3) is 0 Å². The van der Waals surface area contributed by atoms with Crippen molar-refractivity contribution in [3.05, 3.63) is 58.0 Å². The summed E-state index contributed by atoms with van der Waals surface area (Å²) in [5.41, 5.74) is 8.90. The van der Waals surface area contributed by atoms with Crippen LogP contribution < -0.4 is 16.2 Å². The molecular formula is C19H21N5O2. The molecule has 26 heavy (non-hydrogen) atoms. The zero-order chi connectivity index (χ0) is 17.9. The van der Waals surface area contributed by atoms with E-state index in [0.717, 1.165) is 31.2 Å². The fourth-order valence-corrected chi connectivity index (χ4v) is 3.14. The first kappa shape index (κ1) is 16.4. The van der Waals surface area contributed by atoms with Crippen molar-refractivity contribution >= 4 is 17.0 Å². The van der Waals surface area contributed by atoms with Gasteiger partial charge >= 0.3 is 11.7 Å². The topological polar surface area (TPSA) is 98.8 Å². The summed E-state index contributed by atoms with van der Waals surface area (Å²) in [6.45, 7) is 0.929. The number of ether oxygens (including phenoxy) is 1. The van der Waals surface area contributed by atoms with Crippen LogP contribution in [0.25, 0.3) is 11.2 Å². The summed E-state index contributed by atoms with van der Waals surface area (Å²) in [4.78, 5) is 23.7. The van der Waals surface area contributed by atoms with Gasteiger partial charge in [-0.2, -0.15) is 9.97 Å². The number of nitrogen functional groups attached to an aromatic ring is 1.